The van der Waals surface area contributed by atoms with Crippen LogP contribution in [0.25, 0.3) is 0 Å². The van der Waals surface area contributed by atoms with E-state index in [1.165, 1.54) is 0 Å². The predicted octanol–water partition coefficient (Wildman–Crippen LogP) is 2.04. The largest absolute Gasteiger partial charge is 0.480 e. The molecule has 5 nitrogen and oxygen atoms in total. The third-order valence-electron chi connectivity index (χ3n) is 3.91. The Balaban J connectivity index is 2.22. The Labute approximate surface area is 121 Å². The van der Waals surface area contributed by atoms with Crippen molar-refractivity contribution in [3.63, 3.8) is 0 Å². The van der Waals surface area contributed by atoms with Gasteiger partial charge in [-0.2, -0.15) is 5.10 Å². The number of hydrogen-bond acceptors (Lipinski definition) is 3. The molecule has 0 aromatic carbocycles. The summed E-state index contributed by atoms with van der Waals surface area (Å²) in [5.74, 6) is -0.519. The molecule has 6 heteroatoms. The molecule has 106 valence electrons. The van der Waals surface area contributed by atoms with Gasteiger partial charge in [-0.1, -0.05) is 13.8 Å². The van der Waals surface area contributed by atoms with Crippen molar-refractivity contribution in [2.75, 3.05) is 6.54 Å². The fraction of sp³-hybridized carbons (Fsp3) is 0.692. The van der Waals surface area contributed by atoms with Gasteiger partial charge in [0, 0.05) is 13.6 Å². The normalized spacial score (nSPS) is 24.0. The first-order chi connectivity index (χ1) is 8.95. The van der Waals surface area contributed by atoms with Gasteiger partial charge in [0.1, 0.15) is 6.04 Å². The van der Waals surface area contributed by atoms with E-state index in [1.807, 2.05) is 23.6 Å². The molecule has 1 aromatic rings. The first-order valence-electron chi connectivity index (χ1n) is 6.62. The molecule has 0 aliphatic carbocycles. The topological polar surface area (TPSA) is 58.4 Å². The molecule has 0 amide bonds. The molecule has 1 fully saturated rings. The van der Waals surface area contributed by atoms with E-state index < -0.39 is 5.97 Å². The lowest BCUT2D eigenvalue weighted by molar-refractivity contribution is -0.143. The number of halogens is 1. The molecule has 1 N–H and O–H groups in total. The van der Waals surface area contributed by atoms with Crippen molar-refractivity contribution in [2.24, 2.45) is 13.0 Å². The molecule has 2 rings (SSSR count). The van der Waals surface area contributed by atoms with Crippen LogP contribution in [0.5, 0.6) is 0 Å². The Bertz CT molecular complexity index is 486. The quantitative estimate of drug-likeness (QED) is 0.918. The smallest absolute Gasteiger partial charge is 0.321 e. The van der Waals surface area contributed by atoms with Gasteiger partial charge >= 0.3 is 5.97 Å². The molecule has 1 saturated heterocycles. The summed E-state index contributed by atoms with van der Waals surface area (Å²) in [7, 11) is 1.91. The van der Waals surface area contributed by atoms with Gasteiger partial charge in [-0.25, -0.2) is 0 Å². The highest BCUT2D eigenvalue weighted by Gasteiger charge is 2.37. The van der Waals surface area contributed by atoms with Crippen LogP contribution in [0.1, 0.15) is 31.7 Å². The summed E-state index contributed by atoms with van der Waals surface area (Å²) in [5, 5.41) is 13.8. The zero-order chi connectivity index (χ0) is 14.2. The van der Waals surface area contributed by atoms with E-state index in [0.29, 0.717) is 6.54 Å². The van der Waals surface area contributed by atoms with Crippen molar-refractivity contribution in [1.29, 1.82) is 0 Å². The summed E-state index contributed by atoms with van der Waals surface area (Å²) >= 11 is 3.58. The maximum absolute atomic E-state index is 11.4. The second-order valence-corrected chi connectivity index (χ2v) is 6.00. The van der Waals surface area contributed by atoms with Gasteiger partial charge in [0.25, 0.3) is 0 Å². The van der Waals surface area contributed by atoms with Gasteiger partial charge in [0.05, 0.1) is 15.9 Å². The third kappa shape index (κ3) is 2.69. The van der Waals surface area contributed by atoms with E-state index in [-0.39, 0.29) is 12.0 Å². The number of carbonyl (C=O) groups is 1. The highest BCUT2D eigenvalue weighted by Crippen LogP contribution is 2.29. The number of carboxylic acid groups (broad SMARTS) is 1. The SMILES string of the molecule is CCc1nn(C)c(CN2CCC(C)C2C(=O)O)c1Br. The number of nitrogens with zero attached hydrogens (tertiary/aromatic N) is 3. The Morgan fingerprint density at radius 3 is 2.79 bits per heavy atom. The second-order valence-electron chi connectivity index (χ2n) is 5.20. The Kier molecular flexibility index (Phi) is 4.30. The number of aryl methyl sites for hydroxylation is 2. The van der Waals surface area contributed by atoms with Crippen LogP contribution in [-0.2, 0) is 24.8 Å². The predicted molar refractivity (Wildman–Crippen MR) is 75.9 cm³/mol. The van der Waals surface area contributed by atoms with E-state index >= 15 is 0 Å². The summed E-state index contributed by atoms with van der Waals surface area (Å²) in [5.41, 5.74) is 2.08. The van der Waals surface area contributed by atoms with Crippen LogP contribution < -0.4 is 0 Å². The summed E-state index contributed by atoms with van der Waals surface area (Å²) in [6.45, 7) is 5.53. The molecule has 0 saturated carbocycles. The van der Waals surface area contributed by atoms with E-state index in [2.05, 4.69) is 28.0 Å². The highest BCUT2D eigenvalue weighted by molar-refractivity contribution is 9.10. The van der Waals surface area contributed by atoms with Crippen molar-refractivity contribution < 1.29 is 9.90 Å². The number of hydrogen-bond donors (Lipinski definition) is 1. The minimum atomic E-state index is -0.723. The number of aromatic nitrogens is 2. The lowest BCUT2D eigenvalue weighted by Crippen LogP contribution is -2.38. The van der Waals surface area contributed by atoms with Crippen molar-refractivity contribution >= 4 is 21.9 Å². The summed E-state index contributed by atoms with van der Waals surface area (Å²) in [6, 6.07) is -0.383. The molecule has 2 atom stereocenters. The lowest BCUT2D eigenvalue weighted by Gasteiger charge is -2.23. The number of likely N-dealkylation sites (tertiary alicyclic amines) is 1. The van der Waals surface area contributed by atoms with E-state index in [9.17, 15) is 9.90 Å². The Morgan fingerprint density at radius 2 is 2.26 bits per heavy atom. The van der Waals surface area contributed by atoms with Crippen LogP contribution >= 0.6 is 15.9 Å². The highest BCUT2D eigenvalue weighted by atomic mass is 79.9. The monoisotopic (exact) mass is 329 g/mol. The molecule has 2 unspecified atom stereocenters. The van der Waals surface area contributed by atoms with Gasteiger partial charge < -0.3 is 5.11 Å². The minimum Gasteiger partial charge on any atom is -0.480 e. The average Bonchev–Trinajstić information content (AvgIpc) is 2.84. The third-order valence-corrected chi connectivity index (χ3v) is 4.83. The molecule has 1 aliphatic heterocycles. The van der Waals surface area contributed by atoms with Crippen LogP contribution in [-0.4, -0.2) is 38.3 Å². The summed E-state index contributed by atoms with van der Waals surface area (Å²) < 4.78 is 2.87. The number of aliphatic carboxylic acids is 1. The maximum Gasteiger partial charge on any atom is 0.321 e. The van der Waals surface area contributed by atoms with Gasteiger partial charge in [0.2, 0.25) is 0 Å². The van der Waals surface area contributed by atoms with Crippen LogP contribution in [0, 0.1) is 5.92 Å². The zero-order valence-electron chi connectivity index (χ0n) is 11.6. The number of carboxylic acids is 1. The molecule has 2 heterocycles. The van der Waals surface area contributed by atoms with Gasteiger partial charge in [-0.05, 0) is 41.2 Å². The Morgan fingerprint density at radius 1 is 1.58 bits per heavy atom. The molecule has 0 radical (unpaired) electrons. The van der Waals surface area contributed by atoms with Crippen molar-refractivity contribution in [1.82, 2.24) is 14.7 Å². The molecule has 0 bridgehead atoms. The van der Waals surface area contributed by atoms with Crippen LogP contribution in [0.4, 0.5) is 0 Å². The summed E-state index contributed by atoms with van der Waals surface area (Å²) in [4.78, 5) is 13.4. The lowest BCUT2D eigenvalue weighted by atomic mass is 10.0. The molecule has 1 aromatic heterocycles. The summed E-state index contributed by atoms with van der Waals surface area (Å²) in [6.07, 6.45) is 1.81. The van der Waals surface area contributed by atoms with Gasteiger partial charge in [0.15, 0.2) is 0 Å². The first kappa shape index (κ1) is 14.5. The second kappa shape index (κ2) is 5.63. The maximum atomic E-state index is 11.4. The zero-order valence-corrected chi connectivity index (χ0v) is 13.1. The van der Waals surface area contributed by atoms with Gasteiger partial charge in [-0.3, -0.25) is 14.4 Å². The fourth-order valence-corrected chi connectivity index (χ4v) is 3.53. The van der Waals surface area contributed by atoms with E-state index in [1.54, 1.807) is 0 Å². The van der Waals surface area contributed by atoms with Crippen molar-refractivity contribution in [3.05, 3.63) is 15.9 Å². The van der Waals surface area contributed by atoms with Crippen LogP contribution in [0.3, 0.4) is 0 Å². The van der Waals surface area contributed by atoms with Crippen LogP contribution in [0.15, 0.2) is 4.47 Å². The minimum absolute atomic E-state index is 0.204. The fourth-order valence-electron chi connectivity index (χ4n) is 2.79. The van der Waals surface area contributed by atoms with Crippen molar-refractivity contribution in [3.8, 4) is 0 Å². The first-order valence-corrected chi connectivity index (χ1v) is 7.42. The standard InChI is InChI=1S/C13H20BrN3O2/c1-4-9-11(14)10(16(3)15-9)7-17-6-5-8(2)12(17)13(18)19/h8,12H,4-7H2,1-3H3,(H,18,19). The van der Waals surface area contributed by atoms with Gasteiger partial charge in [-0.15, -0.1) is 0 Å². The molecule has 1 aliphatic rings. The van der Waals surface area contributed by atoms with Crippen LogP contribution in [0.2, 0.25) is 0 Å². The van der Waals surface area contributed by atoms with E-state index in [0.717, 1.165) is 35.2 Å². The number of rotatable bonds is 4. The average molecular weight is 330 g/mol. The molecule has 19 heavy (non-hydrogen) atoms. The molecular formula is C13H20BrN3O2. The van der Waals surface area contributed by atoms with E-state index in [4.69, 9.17) is 0 Å². The molecular weight excluding hydrogens is 310 g/mol. The Hall–Kier alpha value is -0.880. The van der Waals surface area contributed by atoms with Crippen molar-refractivity contribution in [2.45, 2.75) is 39.3 Å². The molecule has 0 spiro atoms.